The molecule has 1 aliphatic carbocycles. The summed E-state index contributed by atoms with van der Waals surface area (Å²) in [6, 6.07) is 10.7. The summed E-state index contributed by atoms with van der Waals surface area (Å²) >= 11 is 9.42. The van der Waals surface area contributed by atoms with Crippen molar-refractivity contribution in [2.75, 3.05) is 26.2 Å². The van der Waals surface area contributed by atoms with Gasteiger partial charge in [-0.25, -0.2) is 8.42 Å². The number of fused-ring (bicyclic) bond motifs is 1. The molecule has 2 aliphatic rings. The van der Waals surface area contributed by atoms with Crippen molar-refractivity contribution in [1.29, 1.82) is 0 Å². The Labute approximate surface area is 178 Å². The van der Waals surface area contributed by atoms with E-state index >= 15 is 0 Å². The molecule has 1 fully saturated rings. The van der Waals surface area contributed by atoms with Gasteiger partial charge >= 0.3 is 0 Å². The molecular formula is C20H20BrClN2O3S. The number of rotatable bonds is 3. The largest absolute Gasteiger partial charge is 0.336 e. The lowest BCUT2D eigenvalue weighted by Gasteiger charge is -2.34. The zero-order chi connectivity index (χ0) is 19.9. The minimum atomic E-state index is -3.69. The molecule has 1 aliphatic heterocycles. The first-order valence-corrected chi connectivity index (χ1v) is 11.8. The zero-order valence-corrected chi connectivity index (χ0v) is 18.4. The number of aryl methyl sites for hydroxylation is 2. The molecule has 1 saturated heterocycles. The molecule has 0 N–H and O–H groups in total. The number of amides is 1. The van der Waals surface area contributed by atoms with E-state index in [9.17, 15) is 13.2 Å². The second-order valence-electron chi connectivity index (χ2n) is 7.11. The fraction of sp³-hybridized carbons (Fsp3) is 0.350. The number of benzene rings is 2. The molecule has 4 rings (SSSR count). The first kappa shape index (κ1) is 19.9. The van der Waals surface area contributed by atoms with Gasteiger partial charge in [-0.05, 0) is 60.7 Å². The number of hydrogen-bond donors (Lipinski definition) is 0. The summed E-state index contributed by atoms with van der Waals surface area (Å²) < 4.78 is 28.0. The van der Waals surface area contributed by atoms with Gasteiger partial charge in [0.2, 0.25) is 10.0 Å². The SMILES string of the molecule is O=C(c1ccc2c(c1)CCC2)N1CCN(S(=O)(=O)c2ccc(Br)cc2Cl)CC1. The third kappa shape index (κ3) is 3.73. The predicted octanol–water partition coefficient (Wildman–Crippen LogP) is 3.74. The third-order valence-electron chi connectivity index (χ3n) is 5.38. The fourth-order valence-corrected chi connectivity index (χ4v) is 6.28. The molecule has 0 spiro atoms. The van der Waals surface area contributed by atoms with Crippen molar-refractivity contribution < 1.29 is 13.2 Å². The molecule has 2 aromatic carbocycles. The van der Waals surface area contributed by atoms with Crippen LogP contribution in [-0.4, -0.2) is 49.7 Å². The van der Waals surface area contributed by atoms with Crippen molar-refractivity contribution in [2.45, 2.75) is 24.2 Å². The number of hydrogen-bond acceptors (Lipinski definition) is 3. The highest BCUT2D eigenvalue weighted by atomic mass is 79.9. The molecule has 0 radical (unpaired) electrons. The molecule has 0 aromatic heterocycles. The molecule has 28 heavy (non-hydrogen) atoms. The fourth-order valence-electron chi connectivity index (χ4n) is 3.84. The Bertz CT molecular complexity index is 1030. The molecule has 1 amide bonds. The van der Waals surface area contributed by atoms with Crippen molar-refractivity contribution >= 4 is 43.5 Å². The predicted molar refractivity (Wildman–Crippen MR) is 112 cm³/mol. The lowest BCUT2D eigenvalue weighted by molar-refractivity contribution is 0.0698. The van der Waals surface area contributed by atoms with Crippen molar-refractivity contribution in [3.8, 4) is 0 Å². The number of carbonyl (C=O) groups is 1. The van der Waals surface area contributed by atoms with E-state index in [0.29, 0.717) is 18.7 Å². The highest BCUT2D eigenvalue weighted by Gasteiger charge is 2.32. The molecule has 2 aromatic rings. The standard InChI is InChI=1S/C20H20BrClN2O3S/c21-17-6-7-19(18(22)13-17)28(26,27)24-10-8-23(9-11-24)20(25)16-5-4-14-2-1-3-15(14)12-16/h4-7,12-13H,1-3,8-11H2. The summed E-state index contributed by atoms with van der Waals surface area (Å²) in [4.78, 5) is 14.7. The van der Waals surface area contributed by atoms with E-state index in [-0.39, 0.29) is 28.9 Å². The minimum absolute atomic E-state index is 0.0339. The van der Waals surface area contributed by atoms with Gasteiger partial charge in [-0.1, -0.05) is 33.6 Å². The van der Waals surface area contributed by atoms with E-state index in [4.69, 9.17) is 11.6 Å². The monoisotopic (exact) mass is 482 g/mol. The third-order valence-corrected chi connectivity index (χ3v) is 8.26. The number of sulfonamides is 1. The lowest BCUT2D eigenvalue weighted by Crippen LogP contribution is -2.50. The average molecular weight is 484 g/mol. The van der Waals surface area contributed by atoms with Crippen molar-refractivity contribution in [2.24, 2.45) is 0 Å². The summed E-state index contributed by atoms with van der Waals surface area (Å²) in [5.74, 6) is -0.0339. The van der Waals surface area contributed by atoms with Crippen LogP contribution in [0.3, 0.4) is 0 Å². The summed E-state index contributed by atoms with van der Waals surface area (Å²) in [5.41, 5.74) is 3.28. The van der Waals surface area contributed by atoms with Gasteiger partial charge in [-0.3, -0.25) is 4.79 Å². The highest BCUT2D eigenvalue weighted by Crippen LogP contribution is 2.29. The van der Waals surface area contributed by atoms with Crippen LogP contribution in [0.15, 0.2) is 45.8 Å². The maximum Gasteiger partial charge on any atom is 0.253 e. The van der Waals surface area contributed by atoms with Gasteiger partial charge < -0.3 is 4.90 Å². The van der Waals surface area contributed by atoms with Crippen molar-refractivity contribution in [3.05, 3.63) is 62.6 Å². The number of piperazine rings is 1. The van der Waals surface area contributed by atoms with Crippen LogP contribution in [-0.2, 0) is 22.9 Å². The number of halogens is 2. The second kappa shape index (κ2) is 7.78. The van der Waals surface area contributed by atoms with Crippen LogP contribution < -0.4 is 0 Å². The summed E-state index contributed by atoms with van der Waals surface area (Å²) in [6.07, 6.45) is 3.25. The van der Waals surface area contributed by atoms with Crippen LogP contribution in [0.1, 0.15) is 27.9 Å². The summed E-state index contributed by atoms with van der Waals surface area (Å²) in [7, 11) is -3.69. The highest BCUT2D eigenvalue weighted by molar-refractivity contribution is 9.10. The average Bonchev–Trinajstić information content (AvgIpc) is 3.15. The van der Waals surface area contributed by atoms with Gasteiger partial charge in [0, 0.05) is 36.2 Å². The van der Waals surface area contributed by atoms with Crippen LogP contribution in [0.25, 0.3) is 0 Å². The molecule has 0 bridgehead atoms. The second-order valence-corrected chi connectivity index (χ2v) is 10.3. The van der Waals surface area contributed by atoms with Crippen LogP contribution in [0, 0.1) is 0 Å². The van der Waals surface area contributed by atoms with Gasteiger partial charge in [-0.2, -0.15) is 4.31 Å². The lowest BCUT2D eigenvalue weighted by atomic mass is 10.1. The molecule has 0 unspecified atom stereocenters. The zero-order valence-electron chi connectivity index (χ0n) is 15.2. The van der Waals surface area contributed by atoms with Crippen LogP contribution in [0.2, 0.25) is 5.02 Å². The van der Waals surface area contributed by atoms with Gasteiger partial charge in [-0.15, -0.1) is 0 Å². The van der Waals surface area contributed by atoms with Gasteiger partial charge in [0.25, 0.3) is 5.91 Å². The van der Waals surface area contributed by atoms with Crippen LogP contribution >= 0.6 is 27.5 Å². The van der Waals surface area contributed by atoms with Crippen molar-refractivity contribution in [3.63, 3.8) is 0 Å². The van der Waals surface area contributed by atoms with Gasteiger partial charge in [0.05, 0.1) is 5.02 Å². The van der Waals surface area contributed by atoms with E-state index in [1.165, 1.54) is 21.5 Å². The van der Waals surface area contributed by atoms with E-state index in [1.54, 1.807) is 17.0 Å². The topological polar surface area (TPSA) is 57.7 Å². The van der Waals surface area contributed by atoms with E-state index in [2.05, 4.69) is 15.9 Å². The molecule has 148 valence electrons. The molecule has 5 nitrogen and oxygen atoms in total. The van der Waals surface area contributed by atoms with Crippen LogP contribution in [0.5, 0.6) is 0 Å². The normalized spacial score (nSPS) is 17.6. The Morgan fingerprint density at radius 1 is 0.964 bits per heavy atom. The first-order valence-electron chi connectivity index (χ1n) is 9.22. The summed E-state index contributed by atoms with van der Waals surface area (Å²) in [5, 5.41) is 0.186. The molecular weight excluding hydrogens is 464 g/mol. The van der Waals surface area contributed by atoms with Crippen LogP contribution in [0.4, 0.5) is 0 Å². The molecule has 0 atom stereocenters. The van der Waals surface area contributed by atoms with Crippen molar-refractivity contribution in [1.82, 2.24) is 9.21 Å². The smallest absolute Gasteiger partial charge is 0.253 e. The quantitative estimate of drug-likeness (QED) is 0.668. The minimum Gasteiger partial charge on any atom is -0.336 e. The number of carbonyl (C=O) groups excluding carboxylic acids is 1. The maximum absolute atomic E-state index is 12.9. The Morgan fingerprint density at radius 2 is 1.68 bits per heavy atom. The van der Waals surface area contributed by atoms with E-state index in [0.717, 1.165) is 23.7 Å². The number of nitrogens with zero attached hydrogens (tertiary/aromatic N) is 2. The Morgan fingerprint density at radius 3 is 2.39 bits per heavy atom. The Hall–Kier alpha value is -1.41. The Kier molecular flexibility index (Phi) is 5.53. The Balaban J connectivity index is 1.46. The van der Waals surface area contributed by atoms with E-state index in [1.807, 2.05) is 18.2 Å². The van der Waals surface area contributed by atoms with Gasteiger partial charge in [0.1, 0.15) is 4.90 Å². The maximum atomic E-state index is 12.9. The molecule has 1 heterocycles. The van der Waals surface area contributed by atoms with E-state index < -0.39 is 10.0 Å². The first-order chi connectivity index (χ1) is 13.4. The molecule has 8 heteroatoms. The summed E-state index contributed by atoms with van der Waals surface area (Å²) in [6.45, 7) is 1.24. The van der Waals surface area contributed by atoms with Gasteiger partial charge in [0.15, 0.2) is 0 Å². The molecule has 0 saturated carbocycles.